The molecule has 0 unspecified atom stereocenters. The number of esters is 1. The number of rotatable bonds is 4. The highest BCUT2D eigenvalue weighted by Crippen LogP contribution is 2.29. The second-order valence-corrected chi connectivity index (χ2v) is 8.85. The van der Waals surface area contributed by atoms with Crippen molar-refractivity contribution in [2.24, 2.45) is 0 Å². The van der Waals surface area contributed by atoms with Gasteiger partial charge in [0.25, 0.3) is 11.5 Å². The average molecular weight is 416 g/mol. The summed E-state index contributed by atoms with van der Waals surface area (Å²) < 4.78 is 13.5. The Hall–Kier alpha value is -2.68. The number of amides is 1. The van der Waals surface area contributed by atoms with E-state index < -0.39 is 5.97 Å². The fourth-order valence-electron chi connectivity index (χ4n) is 4.14. The molecule has 2 aliphatic rings. The Bertz CT molecular complexity index is 1060. The molecular formula is C21H28N4O5. The molecule has 0 bridgehead atoms. The summed E-state index contributed by atoms with van der Waals surface area (Å²) in [5.74, 6) is -0.680. The molecule has 30 heavy (non-hydrogen) atoms. The smallest absolute Gasteiger partial charge is 0.326 e. The Morgan fingerprint density at radius 2 is 1.97 bits per heavy atom. The first-order valence-electron chi connectivity index (χ1n) is 10.4. The van der Waals surface area contributed by atoms with Crippen LogP contribution in [0.2, 0.25) is 0 Å². The zero-order valence-electron chi connectivity index (χ0n) is 17.9. The maximum Gasteiger partial charge on any atom is 0.326 e. The number of nitrogens with zero attached hydrogens (tertiary/aromatic N) is 4. The van der Waals surface area contributed by atoms with E-state index in [0.29, 0.717) is 24.4 Å². The summed E-state index contributed by atoms with van der Waals surface area (Å²) in [5.41, 5.74) is 1.20. The van der Waals surface area contributed by atoms with Gasteiger partial charge in [0.05, 0.1) is 24.4 Å². The number of carbonyl (C=O) groups excluding carboxylic acids is 2. The van der Waals surface area contributed by atoms with Crippen LogP contribution in [-0.4, -0.2) is 56.8 Å². The second kappa shape index (κ2) is 7.54. The topological polar surface area (TPSA) is 95.1 Å². The van der Waals surface area contributed by atoms with E-state index in [9.17, 15) is 14.4 Å². The van der Waals surface area contributed by atoms with Crippen molar-refractivity contribution >= 4 is 17.5 Å². The normalized spacial score (nSPS) is 17.6. The number of ether oxygens (including phenoxy) is 2. The van der Waals surface area contributed by atoms with E-state index in [1.165, 1.54) is 4.52 Å². The molecule has 1 saturated heterocycles. The zero-order chi connectivity index (χ0) is 21.6. The van der Waals surface area contributed by atoms with Crippen LogP contribution in [0.3, 0.4) is 0 Å². The predicted octanol–water partition coefficient (Wildman–Crippen LogP) is 1.49. The molecule has 0 saturated carbocycles. The van der Waals surface area contributed by atoms with Gasteiger partial charge in [-0.2, -0.15) is 9.61 Å². The minimum atomic E-state index is -0.457. The van der Waals surface area contributed by atoms with Gasteiger partial charge < -0.3 is 18.9 Å². The van der Waals surface area contributed by atoms with Gasteiger partial charge in [-0.05, 0) is 19.8 Å². The molecule has 0 aromatic carbocycles. The quantitative estimate of drug-likeness (QED) is 0.701. The highest BCUT2D eigenvalue weighted by atomic mass is 16.5. The zero-order valence-corrected chi connectivity index (χ0v) is 17.9. The molecule has 0 spiro atoms. The third-order valence-corrected chi connectivity index (χ3v) is 5.76. The molecule has 4 heterocycles. The second-order valence-electron chi connectivity index (χ2n) is 8.85. The number of aromatic nitrogens is 3. The van der Waals surface area contributed by atoms with Crippen molar-refractivity contribution in [3.63, 3.8) is 0 Å². The lowest BCUT2D eigenvalue weighted by Crippen LogP contribution is -2.40. The molecule has 0 atom stereocenters. The Labute approximate surface area is 174 Å². The summed E-state index contributed by atoms with van der Waals surface area (Å²) in [6, 6.07) is 1.80. The lowest BCUT2D eigenvalue weighted by atomic mass is 9.93. The maximum atomic E-state index is 13.4. The first kappa shape index (κ1) is 20.6. The van der Waals surface area contributed by atoms with E-state index in [4.69, 9.17) is 9.47 Å². The van der Waals surface area contributed by atoms with Crippen LogP contribution in [0, 0.1) is 0 Å². The standard InChI is InChI=1S/C21H28N4O5/c1-5-30-17(26)12-24-16-10-15(21(2,3)4)22-25(16)19(27)14-11-23(20(28)18(14)24)13-6-8-29-9-7-13/h10,13H,5-9,11-12H2,1-4H3. The van der Waals surface area contributed by atoms with Gasteiger partial charge in [0.1, 0.15) is 17.9 Å². The molecule has 1 fully saturated rings. The van der Waals surface area contributed by atoms with E-state index in [-0.39, 0.29) is 48.3 Å². The lowest BCUT2D eigenvalue weighted by molar-refractivity contribution is -0.143. The average Bonchev–Trinajstić information content (AvgIpc) is 3.29. The van der Waals surface area contributed by atoms with E-state index >= 15 is 0 Å². The third kappa shape index (κ3) is 3.40. The molecule has 0 N–H and O–H groups in total. The molecule has 9 nitrogen and oxygen atoms in total. The number of hydrogen-bond acceptors (Lipinski definition) is 6. The Morgan fingerprint density at radius 3 is 2.60 bits per heavy atom. The van der Waals surface area contributed by atoms with Crippen molar-refractivity contribution in [3.8, 4) is 0 Å². The minimum Gasteiger partial charge on any atom is -0.465 e. The van der Waals surface area contributed by atoms with Crippen LogP contribution in [0.25, 0.3) is 5.65 Å². The van der Waals surface area contributed by atoms with Crippen LogP contribution in [0.1, 0.15) is 62.3 Å². The summed E-state index contributed by atoms with van der Waals surface area (Å²) in [5, 5.41) is 4.52. The Balaban J connectivity index is 1.87. The Morgan fingerprint density at radius 1 is 1.27 bits per heavy atom. The van der Waals surface area contributed by atoms with Gasteiger partial charge in [0.15, 0.2) is 0 Å². The SMILES string of the molecule is CCOC(=O)Cn1c2c(c(=O)n3nc(C(C)(C)C)cc13)CN(C1CCOCC1)C2=O. The van der Waals surface area contributed by atoms with Crippen molar-refractivity contribution in [2.75, 3.05) is 19.8 Å². The van der Waals surface area contributed by atoms with Crippen molar-refractivity contribution in [1.82, 2.24) is 19.1 Å². The van der Waals surface area contributed by atoms with Crippen LogP contribution in [-0.2, 0) is 32.8 Å². The number of hydrogen-bond donors (Lipinski definition) is 0. The molecule has 0 radical (unpaired) electrons. The summed E-state index contributed by atoms with van der Waals surface area (Å²) in [6.07, 6.45) is 1.47. The van der Waals surface area contributed by atoms with Gasteiger partial charge in [-0.1, -0.05) is 20.8 Å². The van der Waals surface area contributed by atoms with Crippen LogP contribution in [0.15, 0.2) is 10.9 Å². The molecule has 0 aliphatic carbocycles. The van der Waals surface area contributed by atoms with E-state index in [1.807, 2.05) is 20.8 Å². The monoisotopic (exact) mass is 416 g/mol. The molecule has 4 rings (SSSR count). The third-order valence-electron chi connectivity index (χ3n) is 5.76. The molecule has 2 aromatic rings. The van der Waals surface area contributed by atoms with Gasteiger partial charge in [-0.15, -0.1) is 0 Å². The summed E-state index contributed by atoms with van der Waals surface area (Å²) >= 11 is 0. The molecule has 2 aliphatic heterocycles. The summed E-state index contributed by atoms with van der Waals surface area (Å²) in [6.45, 7) is 9.24. The summed E-state index contributed by atoms with van der Waals surface area (Å²) in [7, 11) is 0. The van der Waals surface area contributed by atoms with Crippen LogP contribution >= 0.6 is 0 Å². The highest BCUT2D eigenvalue weighted by Gasteiger charge is 2.39. The van der Waals surface area contributed by atoms with Crippen molar-refractivity contribution < 1.29 is 19.1 Å². The van der Waals surface area contributed by atoms with Gasteiger partial charge in [0, 0.05) is 30.7 Å². The van der Waals surface area contributed by atoms with E-state index in [0.717, 1.165) is 18.5 Å². The number of carbonyl (C=O) groups is 2. The van der Waals surface area contributed by atoms with Gasteiger partial charge in [-0.3, -0.25) is 14.4 Å². The van der Waals surface area contributed by atoms with E-state index in [1.54, 1.807) is 22.5 Å². The van der Waals surface area contributed by atoms with E-state index in [2.05, 4.69) is 5.10 Å². The minimum absolute atomic E-state index is 0.0200. The molecule has 2 aromatic heterocycles. The first-order chi connectivity index (χ1) is 14.2. The lowest BCUT2D eigenvalue weighted by Gasteiger charge is -2.30. The first-order valence-corrected chi connectivity index (χ1v) is 10.4. The van der Waals surface area contributed by atoms with Crippen LogP contribution in [0.4, 0.5) is 0 Å². The van der Waals surface area contributed by atoms with Gasteiger partial charge >= 0.3 is 5.97 Å². The largest absolute Gasteiger partial charge is 0.465 e. The van der Waals surface area contributed by atoms with Crippen LogP contribution in [0.5, 0.6) is 0 Å². The molecule has 9 heteroatoms. The van der Waals surface area contributed by atoms with Crippen molar-refractivity contribution in [1.29, 1.82) is 0 Å². The fourth-order valence-corrected chi connectivity index (χ4v) is 4.14. The molecule has 162 valence electrons. The highest BCUT2D eigenvalue weighted by molar-refractivity contribution is 5.98. The van der Waals surface area contributed by atoms with Gasteiger partial charge in [0.2, 0.25) is 0 Å². The summed E-state index contributed by atoms with van der Waals surface area (Å²) in [4.78, 5) is 40.7. The molecular weight excluding hydrogens is 388 g/mol. The van der Waals surface area contributed by atoms with Crippen molar-refractivity contribution in [2.45, 2.75) is 65.1 Å². The Kier molecular flexibility index (Phi) is 5.17. The number of fused-ring (bicyclic) bond motifs is 2. The predicted molar refractivity (Wildman–Crippen MR) is 108 cm³/mol. The van der Waals surface area contributed by atoms with Gasteiger partial charge in [-0.25, -0.2) is 0 Å². The van der Waals surface area contributed by atoms with Crippen molar-refractivity contribution in [3.05, 3.63) is 33.4 Å². The van der Waals surface area contributed by atoms with Crippen LogP contribution < -0.4 is 5.56 Å². The fraction of sp³-hybridized carbons (Fsp3) is 0.619. The molecule has 1 amide bonds. The maximum absolute atomic E-state index is 13.4.